The third kappa shape index (κ3) is 6.01. The maximum absolute atomic E-state index is 12.4. The number of hydrogen-bond donors (Lipinski definition) is 1. The van der Waals surface area contributed by atoms with Gasteiger partial charge in [-0.25, -0.2) is 4.79 Å². The summed E-state index contributed by atoms with van der Waals surface area (Å²) in [6.07, 6.45) is 7.37. The Morgan fingerprint density at radius 2 is 1.57 bits per heavy atom. The summed E-state index contributed by atoms with van der Waals surface area (Å²) in [5.74, 6) is 1.05. The van der Waals surface area contributed by atoms with Crippen LogP contribution >= 0.6 is 0 Å². The van der Waals surface area contributed by atoms with Crippen LogP contribution in [-0.2, 0) is 0 Å². The van der Waals surface area contributed by atoms with Crippen LogP contribution in [0.1, 0.15) is 72.5 Å². The van der Waals surface area contributed by atoms with Crippen molar-refractivity contribution in [1.29, 1.82) is 0 Å². The van der Waals surface area contributed by atoms with Crippen LogP contribution in [0, 0.1) is 20.8 Å². The maximum atomic E-state index is 12.4. The fraction of sp³-hybridized carbons (Fsp3) is 0.458. The summed E-state index contributed by atoms with van der Waals surface area (Å²) in [6.45, 7) is 8.34. The first-order valence-corrected chi connectivity index (χ1v) is 10.2. The Bertz CT molecular complexity index is 778. The zero-order valence-electron chi connectivity index (χ0n) is 17.5. The van der Waals surface area contributed by atoms with Crippen LogP contribution in [0.2, 0.25) is 0 Å². The molecular formula is C24H32O4. The Kier molecular flexibility index (Phi) is 8.37. The first-order valence-electron chi connectivity index (χ1n) is 10.2. The second-order valence-electron chi connectivity index (χ2n) is 7.32. The first kappa shape index (κ1) is 21.8. The van der Waals surface area contributed by atoms with Gasteiger partial charge in [-0.2, -0.15) is 0 Å². The average molecular weight is 385 g/mol. The molecule has 0 aliphatic carbocycles. The number of esters is 1. The van der Waals surface area contributed by atoms with Gasteiger partial charge in [-0.15, -0.1) is 0 Å². The summed E-state index contributed by atoms with van der Waals surface area (Å²) in [7, 11) is 0. The van der Waals surface area contributed by atoms with Crippen molar-refractivity contribution in [2.45, 2.75) is 66.2 Å². The van der Waals surface area contributed by atoms with Crippen LogP contribution in [-0.4, -0.2) is 17.7 Å². The molecule has 1 N–H and O–H groups in total. The van der Waals surface area contributed by atoms with E-state index < -0.39 is 5.97 Å². The van der Waals surface area contributed by atoms with Crippen LogP contribution in [0.4, 0.5) is 0 Å². The molecule has 0 saturated heterocycles. The molecule has 0 spiro atoms. The van der Waals surface area contributed by atoms with Gasteiger partial charge in [-0.1, -0.05) is 39.0 Å². The summed E-state index contributed by atoms with van der Waals surface area (Å²) >= 11 is 0. The van der Waals surface area contributed by atoms with Crippen molar-refractivity contribution in [1.82, 2.24) is 0 Å². The van der Waals surface area contributed by atoms with Crippen molar-refractivity contribution in [3.63, 3.8) is 0 Å². The number of rotatable bonds is 10. The molecule has 152 valence electrons. The van der Waals surface area contributed by atoms with Crippen molar-refractivity contribution in [3.8, 4) is 17.2 Å². The number of phenolic OH excluding ortho intramolecular Hbond substituents is 1. The van der Waals surface area contributed by atoms with Crippen molar-refractivity contribution in [2.24, 2.45) is 0 Å². The van der Waals surface area contributed by atoms with Gasteiger partial charge < -0.3 is 14.6 Å². The molecule has 0 aliphatic rings. The van der Waals surface area contributed by atoms with Crippen molar-refractivity contribution >= 4 is 5.97 Å². The lowest BCUT2D eigenvalue weighted by Crippen LogP contribution is -2.10. The van der Waals surface area contributed by atoms with Crippen LogP contribution in [0.15, 0.2) is 30.3 Å². The van der Waals surface area contributed by atoms with Gasteiger partial charge in [0.25, 0.3) is 0 Å². The van der Waals surface area contributed by atoms with Crippen LogP contribution in [0.3, 0.4) is 0 Å². The molecule has 4 heteroatoms. The predicted octanol–water partition coefficient (Wildman–Crippen LogP) is 6.28. The zero-order chi connectivity index (χ0) is 20.5. The second-order valence-corrected chi connectivity index (χ2v) is 7.32. The number of hydrogen-bond acceptors (Lipinski definition) is 4. The zero-order valence-corrected chi connectivity index (χ0v) is 17.5. The topological polar surface area (TPSA) is 55.8 Å². The van der Waals surface area contributed by atoms with Gasteiger partial charge in [0.15, 0.2) is 0 Å². The number of benzene rings is 2. The molecule has 0 radical (unpaired) electrons. The molecule has 0 amide bonds. The van der Waals surface area contributed by atoms with E-state index in [1.807, 2.05) is 13.8 Å². The van der Waals surface area contributed by atoms with E-state index in [1.165, 1.54) is 32.1 Å². The molecule has 0 atom stereocenters. The van der Waals surface area contributed by atoms with E-state index in [0.29, 0.717) is 23.5 Å². The Balaban J connectivity index is 1.87. The van der Waals surface area contributed by atoms with Gasteiger partial charge in [-0.3, -0.25) is 0 Å². The minimum Gasteiger partial charge on any atom is -0.507 e. The Hall–Kier alpha value is -2.49. The first-order chi connectivity index (χ1) is 13.4. The van der Waals surface area contributed by atoms with Gasteiger partial charge in [0.1, 0.15) is 17.2 Å². The molecule has 0 aliphatic heterocycles. The van der Waals surface area contributed by atoms with Crippen molar-refractivity contribution in [3.05, 3.63) is 52.6 Å². The number of unbranched alkanes of at least 4 members (excludes halogenated alkanes) is 5. The highest BCUT2D eigenvalue weighted by molar-refractivity contribution is 5.91. The largest absolute Gasteiger partial charge is 0.507 e. The highest BCUT2D eigenvalue weighted by Gasteiger charge is 2.15. The summed E-state index contributed by atoms with van der Waals surface area (Å²) in [4.78, 5) is 12.4. The van der Waals surface area contributed by atoms with Gasteiger partial charge in [0, 0.05) is 0 Å². The number of ether oxygens (including phenoxy) is 2. The Morgan fingerprint density at radius 3 is 2.25 bits per heavy atom. The molecule has 0 saturated carbocycles. The second kappa shape index (κ2) is 10.7. The Morgan fingerprint density at radius 1 is 0.929 bits per heavy atom. The van der Waals surface area contributed by atoms with Gasteiger partial charge in [-0.05, 0) is 74.2 Å². The number of aromatic hydroxyl groups is 1. The number of phenols is 1. The highest BCUT2D eigenvalue weighted by Crippen LogP contribution is 2.32. The third-order valence-electron chi connectivity index (χ3n) is 5.07. The van der Waals surface area contributed by atoms with Gasteiger partial charge in [0.2, 0.25) is 0 Å². The lowest BCUT2D eigenvalue weighted by molar-refractivity contribution is 0.0733. The molecule has 0 unspecified atom stereocenters. The van der Waals surface area contributed by atoms with E-state index >= 15 is 0 Å². The SMILES string of the molecule is CCCCCCCCOc1ccc(C(=O)Oc2cc(C)c(O)c(C)c2C)cc1. The average Bonchev–Trinajstić information content (AvgIpc) is 2.70. The normalized spacial score (nSPS) is 10.7. The molecular weight excluding hydrogens is 352 g/mol. The molecule has 28 heavy (non-hydrogen) atoms. The molecule has 0 heterocycles. The fourth-order valence-corrected chi connectivity index (χ4v) is 3.06. The van der Waals surface area contributed by atoms with Crippen LogP contribution in [0.5, 0.6) is 17.2 Å². The molecule has 4 nitrogen and oxygen atoms in total. The van der Waals surface area contributed by atoms with Gasteiger partial charge in [0.05, 0.1) is 12.2 Å². The lowest BCUT2D eigenvalue weighted by Gasteiger charge is -2.13. The smallest absolute Gasteiger partial charge is 0.343 e. The summed E-state index contributed by atoms with van der Waals surface area (Å²) in [6, 6.07) is 8.72. The van der Waals surface area contributed by atoms with Crippen molar-refractivity contribution in [2.75, 3.05) is 6.61 Å². The van der Waals surface area contributed by atoms with Gasteiger partial charge >= 0.3 is 5.97 Å². The van der Waals surface area contributed by atoms with Crippen LogP contribution in [0.25, 0.3) is 0 Å². The van der Waals surface area contributed by atoms with E-state index in [2.05, 4.69) is 6.92 Å². The monoisotopic (exact) mass is 384 g/mol. The number of carbonyl (C=O) groups is 1. The molecule has 2 aromatic rings. The molecule has 2 rings (SSSR count). The highest BCUT2D eigenvalue weighted by atomic mass is 16.5. The molecule has 2 aromatic carbocycles. The summed E-state index contributed by atoms with van der Waals surface area (Å²) in [5.41, 5.74) is 2.63. The minimum absolute atomic E-state index is 0.240. The predicted molar refractivity (Wildman–Crippen MR) is 113 cm³/mol. The van der Waals surface area contributed by atoms with Crippen molar-refractivity contribution < 1.29 is 19.4 Å². The summed E-state index contributed by atoms with van der Waals surface area (Å²) < 4.78 is 11.3. The van der Waals surface area contributed by atoms with E-state index in [1.54, 1.807) is 37.3 Å². The number of aryl methyl sites for hydroxylation is 1. The molecule has 0 bridgehead atoms. The fourth-order valence-electron chi connectivity index (χ4n) is 3.06. The van der Waals surface area contributed by atoms with Crippen LogP contribution < -0.4 is 9.47 Å². The lowest BCUT2D eigenvalue weighted by atomic mass is 10.0. The van der Waals surface area contributed by atoms with E-state index in [9.17, 15) is 9.90 Å². The third-order valence-corrected chi connectivity index (χ3v) is 5.07. The van der Waals surface area contributed by atoms with E-state index in [-0.39, 0.29) is 5.75 Å². The molecule has 0 aromatic heterocycles. The van der Waals surface area contributed by atoms with E-state index in [0.717, 1.165) is 23.3 Å². The maximum Gasteiger partial charge on any atom is 0.343 e. The minimum atomic E-state index is -0.421. The summed E-state index contributed by atoms with van der Waals surface area (Å²) in [5, 5.41) is 9.98. The standard InChI is InChI=1S/C24H32O4/c1-5-6-7-8-9-10-15-27-21-13-11-20(12-14-21)24(26)28-22-16-17(2)23(25)19(4)18(22)3/h11-14,16,25H,5-10,15H2,1-4H3. The Labute approximate surface area is 168 Å². The number of carbonyl (C=O) groups excluding carboxylic acids is 1. The molecule has 0 fully saturated rings. The van der Waals surface area contributed by atoms with E-state index in [4.69, 9.17) is 9.47 Å². The quantitative estimate of drug-likeness (QED) is 0.298.